The molecule has 1 aliphatic carbocycles. The molecule has 0 saturated carbocycles. The Bertz CT molecular complexity index is 636. The first kappa shape index (κ1) is 17.9. The summed E-state index contributed by atoms with van der Waals surface area (Å²) in [5, 5.41) is 12.7. The van der Waals surface area contributed by atoms with Gasteiger partial charge in [0.25, 0.3) is 0 Å². The topological polar surface area (TPSA) is 94.1 Å². The number of rotatable bonds is 2. The zero-order valence-corrected chi connectivity index (χ0v) is 14.3. The maximum absolute atomic E-state index is 12.2. The quantitative estimate of drug-likeness (QED) is 0.636. The maximum Gasteiger partial charge on any atom is 0.510 e. The summed E-state index contributed by atoms with van der Waals surface area (Å²) in [6, 6.07) is 5.20. The number of aromatic hydroxyl groups is 1. The van der Waals surface area contributed by atoms with E-state index in [0.29, 0.717) is 18.4 Å². The van der Waals surface area contributed by atoms with Crippen LogP contribution in [0, 0.1) is 0 Å². The van der Waals surface area contributed by atoms with E-state index in [0.717, 1.165) is 5.56 Å². The standard InChI is InChI=1S/C17H23NO6/c1-16(2,3)23-14(20)18-17(24-15(21)22-4)9-8-11-6-5-7-13(19)12(11)10-17/h5-7,19H,8-10H2,1-4H3,(H,18,20)/t17-/m0/s1. The molecule has 1 aromatic rings. The maximum atomic E-state index is 12.2. The van der Waals surface area contributed by atoms with Crippen LogP contribution >= 0.6 is 0 Å². The van der Waals surface area contributed by atoms with E-state index in [1.54, 1.807) is 32.9 Å². The Morgan fingerprint density at radius 2 is 2.00 bits per heavy atom. The fourth-order valence-corrected chi connectivity index (χ4v) is 2.68. The van der Waals surface area contributed by atoms with Gasteiger partial charge in [0.15, 0.2) is 5.72 Å². The highest BCUT2D eigenvalue weighted by molar-refractivity contribution is 5.70. The Balaban J connectivity index is 2.27. The van der Waals surface area contributed by atoms with Gasteiger partial charge >= 0.3 is 12.2 Å². The second-order valence-electron chi connectivity index (χ2n) is 6.77. The van der Waals surface area contributed by atoms with Crippen molar-refractivity contribution in [1.29, 1.82) is 0 Å². The summed E-state index contributed by atoms with van der Waals surface area (Å²) < 4.78 is 15.2. The van der Waals surface area contributed by atoms with Gasteiger partial charge in [-0.25, -0.2) is 9.59 Å². The van der Waals surface area contributed by atoms with Gasteiger partial charge in [0.05, 0.1) is 7.11 Å². The molecule has 0 heterocycles. The third-order valence-corrected chi connectivity index (χ3v) is 3.68. The SMILES string of the molecule is COC(=O)O[C@@]1(NC(=O)OC(C)(C)C)CCc2cccc(O)c2C1. The van der Waals surface area contributed by atoms with Gasteiger partial charge < -0.3 is 19.3 Å². The highest BCUT2D eigenvalue weighted by Crippen LogP contribution is 2.35. The molecule has 0 aliphatic heterocycles. The second kappa shape index (κ2) is 6.59. The Morgan fingerprint density at radius 3 is 2.62 bits per heavy atom. The van der Waals surface area contributed by atoms with Gasteiger partial charge in [0.1, 0.15) is 11.4 Å². The molecule has 7 heteroatoms. The lowest BCUT2D eigenvalue weighted by Gasteiger charge is -2.38. The number of carbonyl (C=O) groups is 2. The van der Waals surface area contributed by atoms with E-state index in [1.807, 2.05) is 6.07 Å². The average molecular weight is 337 g/mol. The number of fused-ring (bicyclic) bond motifs is 1. The number of methoxy groups -OCH3 is 1. The van der Waals surface area contributed by atoms with Crippen LogP contribution in [0.5, 0.6) is 5.75 Å². The number of phenols is 1. The van der Waals surface area contributed by atoms with Crippen LogP contribution in [0.2, 0.25) is 0 Å². The number of nitrogens with one attached hydrogen (secondary N) is 1. The lowest BCUT2D eigenvalue weighted by atomic mass is 9.85. The molecule has 1 atom stereocenters. The van der Waals surface area contributed by atoms with Crippen molar-refractivity contribution in [3.8, 4) is 5.75 Å². The largest absolute Gasteiger partial charge is 0.510 e. The normalized spacial score (nSPS) is 19.8. The Hall–Kier alpha value is -2.44. The molecule has 1 amide bonds. The van der Waals surface area contributed by atoms with Crippen molar-refractivity contribution >= 4 is 12.2 Å². The molecule has 0 spiro atoms. The zero-order chi connectivity index (χ0) is 18.0. The van der Waals surface area contributed by atoms with E-state index in [2.05, 4.69) is 10.1 Å². The molecule has 1 aromatic carbocycles. The smallest absolute Gasteiger partial charge is 0.508 e. The number of carbonyl (C=O) groups excluding carboxylic acids is 2. The molecule has 0 fully saturated rings. The van der Waals surface area contributed by atoms with Gasteiger partial charge in [0.2, 0.25) is 0 Å². The fraction of sp³-hybridized carbons (Fsp3) is 0.529. The predicted molar refractivity (Wildman–Crippen MR) is 85.7 cm³/mol. The van der Waals surface area contributed by atoms with E-state index in [9.17, 15) is 14.7 Å². The van der Waals surface area contributed by atoms with E-state index in [1.165, 1.54) is 7.11 Å². The molecule has 132 valence electrons. The van der Waals surface area contributed by atoms with Gasteiger partial charge in [-0.15, -0.1) is 0 Å². The van der Waals surface area contributed by atoms with Crippen LogP contribution in [0.1, 0.15) is 38.3 Å². The number of hydrogen-bond acceptors (Lipinski definition) is 6. The lowest BCUT2D eigenvalue weighted by molar-refractivity contribution is -0.0600. The number of alkyl carbamates (subject to hydrolysis) is 1. The molecule has 0 radical (unpaired) electrons. The van der Waals surface area contributed by atoms with Crippen LogP contribution in [0.3, 0.4) is 0 Å². The van der Waals surface area contributed by atoms with Gasteiger partial charge in [-0.05, 0) is 38.8 Å². The van der Waals surface area contributed by atoms with Crippen molar-refractivity contribution in [1.82, 2.24) is 5.32 Å². The predicted octanol–water partition coefficient (Wildman–Crippen LogP) is 2.88. The molecule has 0 saturated heterocycles. The number of hydrogen-bond donors (Lipinski definition) is 2. The van der Waals surface area contributed by atoms with Crippen LogP contribution in [0.25, 0.3) is 0 Å². The Morgan fingerprint density at radius 1 is 1.29 bits per heavy atom. The van der Waals surface area contributed by atoms with Crippen LogP contribution in [0.4, 0.5) is 9.59 Å². The van der Waals surface area contributed by atoms with Gasteiger partial charge in [-0.3, -0.25) is 5.32 Å². The van der Waals surface area contributed by atoms with Crippen LogP contribution < -0.4 is 5.32 Å². The van der Waals surface area contributed by atoms with Crippen molar-refractivity contribution in [2.45, 2.75) is 51.4 Å². The van der Waals surface area contributed by atoms with Crippen molar-refractivity contribution in [3.63, 3.8) is 0 Å². The Labute approximate surface area is 140 Å². The van der Waals surface area contributed by atoms with Crippen LogP contribution in [0.15, 0.2) is 18.2 Å². The summed E-state index contributed by atoms with van der Waals surface area (Å²) in [7, 11) is 1.19. The van der Waals surface area contributed by atoms with Gasteiger partial charge in [-0.2, -0.15) is 0 Å². The van der Waals surface area contributed by atoms with Crippen molar-refractivity contribution in [2.24, 2.45) is 0 Å². The molecule has 0 bridgehead atoms. The van der Waals surface area contributed by atoms with E-state index < -0.39 is 23.6 Å². The number of ether oxygens (including phenoxy) is 3. The molecule has 1 aliphatic rings. The number of aryl methyl sites for hydroxylation is 1. The molecule has 2 rings (SSSR count). The van der Waals surface area contributed by atoms with Crippen LogP contribution in [-0.4, -0.2) is 35.8 Å². The molecule has 0 aromatic heterocycles. The van der Waals surface area contributed by atoms with Gasteiger partial charge in [0, 0.05) is 18.4 Å². The van der Waals surface area contributed by atoms with E-state index in [-0.39, 0.29) is 12.2 Å². The molecular formula is C17H23NO6. The summed E-state index contributed by atoms with van der Waals surface area (Å²) in [5.41, 5.74) is -0.444. The third kappa shape index (κ3) is 4.31. The van der Waals surface area contributed by atoms with E-state index in [4.69, 9.17) is 9.47 Å². The van der Waals surface area contributed by atoms with E-state index >= 15 is 0 Å². The minimum absolute atomic E-state index is 0.0935. The monoisotopic (exact) mass is 337 g/mol. The number of amides is 1. The molecular weight excluding hydrogens is 314 g/mol. The minimum atomic E-state index is -1.33. The summed E-state index contributed by atoms with van der Waals surface area (Å²) >= 11 is 0. The minimum Gasteiger partial charge on any atom is -0.508 e. The highest BCUT2D eigenvalue weighted by atomic mass is 16.7. The van der Waals surface area contributed by atoms with Crippen molar-refractivity contribution in [2.75, 3.05) is 7.11 Å². The summed E-state index contributed by atoms with van der Waals surface area (Å²) in [4.78, 5) is 23.8. The van der Waals surface area contributed by atoms with Crippen LogP contribution in [-0.2, 0) is 27.1 Å². The molecule has 2 N–H and O–H groups in total. The first-order valence-electron chi connectivity index (χ1n) is 7.72. The first-order chi connectivity index (χ1) is 11.1. The lowest BCUT2D eigenvalue weighted by Crippen LogP contribution is -2.56. The average Bonchev–Trinajstić information content (AvgIpc) is 2.46. The summed E-state index contributed by atoms with van der Waals surface area (Å²) in [6.07, 6.45) is -0.618. The highest BCUT2D eigenvalue weighted by Gasteiger charge is 2.42. The fourth-order valence-electron chi connectivity index (χ4n) is 2.68. The summed E-state index contributed by atoms with van der Waals surface area (Å²) in [6.45, 7) is 5.22. The third-order valence-electron chi connectivity index (χ3n) is 3.68. The Kier molecular flexibility index (Phi) is 4.91. The number of benzene rings is 1. The number of phenolic OH excluding ortho intramolecular Hbond substituents is 1. The summed E-state index contributed by atoms with van der Waals surface area (Å²) in [5.74, 6) is 0.0935. The molecule has 7 nitrogen and oxygen atoms in total. The van der Waals surface area contributed by atoms with Crippen molar-refractivity contribution < 1.29 is 28.9 Å². The molecule has 0 unspecified atom stereocenters. The first-order valence-corrected chi connectivity index (χ1v) is 7.72. The molecule has 24 heavy (non-hydrogen) atoms. The van der Waals surface area contributed by atoms with Crippen molar-refractivity contribution in [3.05, 3.63) is 29.3 Å². The zero-order valence-electron chi connectivity index (χ0n) is 14.3. The van der Waals surface area contributed by atoms with Gasteiger partial charge in [-0.1, -0.05) is 12.1 Å². The second-order valence-corrected chi connectivity index (χ2v) is 6.77.